The van der Waals surface area contributed by atoms with E-state index in [-0.39, 0.29) is 6.03 Å². The van der Waals surface area contributed by atoms with Gasteiger partial charge in [-0.05, 0) is 31.0 Å². The summed E-state index contributed by atoms with van der Waals surface area (Å²) < 4.78 is 0. The first-order valence-corrected chi connectivity index (χ1v) is 5.74. The van der Waals surface area contributed by atoms with Gasteiger partial charge < -0.3 is 21.1 Å². The van der Waals surface area contributed by atoms with E-state index in [2.05, 4.69) is 5.32 Å². The predicted molar refractivity (Wildman–Crippen MR) is 66.7 cm³/mol. The summed E-state index contributed by atoms with van der Waals surface area (Å²) in [5.41, 5.74) is 6.92. The molecule has 0 aromatic heterocycles. The number of hydrogen-bond acceptors (Lipinski definition) is 3. The molecule has 5 nitrogen and oxygen atoms in total. The molecule has 1 heterocycles. The second kappa shape index (κ2) is 5.05. The van der Waals surface area contributed by atoms with Crippen LogP contribution < -0.4 is 11.1 Å². The summed E-state index contributed by atoms with van der Waals surface area (Å²) in [5, 5.41) is 12.3. The number of carbonyl (C=O) groups is 1. The number of nitrogens with zero attached hydrogens (tertiary/aromatic N) is 1. The zero-order valence-electron chi connectivity index (χ0n) is 9.60. The highest BCUT2D eigenvalue weighted by molar-refractivity contribution is 5.89. The number of anilines is 2. The molecule has 1 aliphatic heterocycles. The number of aliphatic hydroxyl groups excluding tert-OH is 1. The third-order valence-corrected chi connectivity index (χ3v) is 2.82. The minimum Gasteiger partial charge on any atom is -0.399 e. The van der Waals surface area contributed by atoms with Crippen molar-refractivity contribution in [1.82, 2.24) is 4.90 Å². The Morgan fingerprint density at radius 2 is 2.35 bits per heavy atom. The van der Waals surface area contributed by atoms with Crippen LogP contribution in [0.4, 0.5) is 16.2 Å². The van der Waals surface area contributed by atoms with Gasteiger partial charge in [0.25, 0.3) is 0 Å². The van der Waals surface area contributed by atoms with Crippen LogP contribution in [-0.4, -0.2) is 35.2 Å². The van der Waals surface area contributed by atoms with Crippen molar-refractivity contribution in [3.05, 3.63) is 24.3 Å². The molecule has 0 bridgehead atoms. The first kappa shape index (κ1) is 11.7. The third kappa shape index (κ3) is 3.10. The lowest BCUT2D eigenvalue weighted by molar-refractivity contribution is 0.0883. The average molecular weight is 235 g/mol. The first-order valence-electron chi connectivity index (χ1n) is 5.74. The molecule has 1 fully saturated rings. The van der Waals surface area contributed by atoms with E-state index in [9.17, 15) is 9.90 Å². The summed E-state index contributed by atoms with van der Waals surface area (Å²) in [6.07, 6.45) is 1.20. The number of hydrogen-bond donors (Lipinski definition) is 3. The van der Waals surface area contributed by atoms with Gasteiger partial charge in [-0.3, -0.25) is 0 Å². The van der Waals surface area contributed by atoms with Gasteiger partial charge in [-0.15, -0.1) is 0 Å². The van der Waals surface area contributed by atoms with Crippen LogP contribution in [0.2, 0.25) is 0 Å². The molecule has 0 aliphatic carbocycles. The molecule has 0 radical (unpaired) electrons. The maximum atomic E-state index is 11.9. The Morgan fingerprint density at radius 3 is 3.06 bits per heavy atom. The lowest BCUT2D eigenvalue weighted by Gasteiger charge is -2.30. The van der Waals surface area contributed by atoms with Gasteiger partial charge in [0.05, 0.1) is 6.10 Å². The van der Waals surface area contributed by atoms with Gasteiger partial charge in [-0.2, -0.15) is 0 Å². The van der Waals surface area contributed by atoms with E-state index in [4.69, 9.17) is 5.73 Å². The fourth-order valence-electron chi connectivity index (χ4n) is 1.96. The predicted octanol–water partition coefficient (Wildman–Crippen LogP) is 1.26. The molecule has 1 atom stereocenters. The molecule has 17 heavy (non-hydrogen) atoms. The minimum absolute atomic E-state index is 0.186. The van der Waals surface area contributed by atoms with E-state index in [1.54, 1.807) is 29.2 Å². The van der Waals surface area contributed by atoms with Crippen LogP contribution in [0, 0.1) is 0 Å². The number of aliphatic hydroxyl groups is 1. The fourth-order valence-corrected chi connectivity index (χ4v) is 1.96. The van der Waals surface area contributed by atoms with E-state index in [1.165, 1.54) is 0 Å². The zero-order chi connectivity index (χ0) is 12.3. The Balaban J connectivity index is 1.96. The molecule has 1 aliphatic rings. The highest BCUT2D eigenvalue weighted by Crippen LogP contribution is 2.15. The Bertz CT molecular complexity index is 408. The average Bonchev–Trinajstić information content (AvgIpc) is 2.29. The van der Waals surface area contributed by atoms with Gasteiger partial charge >= 0.3 is 6.03 Å². The van der Waals surface area contributed by atoms with E-state index in [0.29, 0.717) is 24.5 Å². The molecule has 2 amide bonds. The Morgan fingerprint density at radius 1 is 1.53 bits per heavy atom. The molecule has 1 unspecified atom stereocenters. The standard InChI is InChI=1S/C12H17N3O2/c13-9-3-1-4-10(7-9)14-12(17)15-6-2-5-11(16)8-15/h1,3-4,7,11,16H,2,5-6,8,13H2,(H,14,17). The largest absolute Gasteiger partial charge is 0.399 e. The number of urea groups is 1. The van der Waals surface area contributed by atoms with Crippen LogP contribution in [0.25, 0.3) is 0 Å². The van der Waals surface area contributed by atoms with Crippen molar-refractivity contribution < 1.29 is 9.90 Å². The van der Waals surface area contributed by atoms with Crippen LogP contribution in [0.3, 0.4) is 0 Å². The summed E-state index contributed by atoms with van der Waals surface area (Å²) in [6, 6.07) is 6.86. The number of nitrogen functional groups attached to an aromatic ring is 1. The SMILES string of the molecule is Nc1cccc(NC(=O)N2CCCC(O)C2)c1. The van der Waals surface area contributed by atoms with E-state index in [0.717, 1.165) is 12.8 Å². The van der Waals surface area contributed by atoms with Gasteiger partial charge in [0.2, 0.25) is 0 Å². The summed E-state index contributed by atoms with van der Waals surface area (Å²) in [6.45, 7) is 1.08. The Hall–Kier alpha value is -1.75. The smallest absolute Gasteiger partial charge is 0.321 e. The summed E-state index contributed by atoms with van der Waals surface area (Å²) in [4.78, 5) is 13.5. The maximum absolute atomic E-state index is 11.9. The van der Waals surface area contributed by atoms with Crippen LogP contribution >= 0.6 is 0 Å². The molecule has 92 valence electrons. The number of piperidine rings is 1. The number of amides is 2. The quantitative estimate of drug-likeness (QED) is 0.641. The van der Waals surface area contributed by atoms with E-state index >= 15 is 0 Å². The number of nitrogens with one attached hydrogen (secondary N) is 1. The molecular weight excluding hydrogens is 218 g/mol. The summed E-state index contributed by atoms with van der Waals surface area (Å²) in [5.74, 6) is 0. The summed E-state index contributed by atoms with van der Waals surface area (Å²) >= 11 is 0. The fraction of sp³-hybridized carbons (Fsp3) is 0.417. The second-order valence-corrected chi connectivity index (χ2v) is 4.30. The summed E-state index contributed by atoms with van der Waals surface area (Å²) in [7, 11) is 0. The van der Waals surface area contributed by atoms with Crippen LogP contribution in [0.15, 0.2) is 24.3 Å². The number of nitrogens with two attached hydrogens (primary N) is 1. The molecule has 5 heteroatoms. The lowest BCUT2D eigenvalue weighted by atomic mass is 10.1. The topological polar surface area (TPSA) is 78.6 Å². The molecule has 4 N–H and O–H groups in total. The van der Waals surface area contributed by atoms with E-state index in [1.807, 2.05) is 0 Å². The third-order valence-electron chi connectivity index (χ3n) is 2.82. The molecule has 2 rings (SSSR count). The highest BCUT2D eigenvalue weighted by Gasteiger charge is 2.21. The van der Waals surface area contributed by atoms with Gasteiger partial charge in [0, 0.05) is 24.5 Å². The molecule has 1 aromatic rings. The lowest BCUT2D eigenvalue weighted by Crippen LogP contribution is -2.44. The van der Waals surface area contributed by atoms with Crippen molar-refractivity contribution in [3.63, 3.8) is 0 Å². The van der Waals surface area contributed by atoms with Gasteiger partial charge in [0.1, 0.15) is 0 Å². The van der Waals surface area contributed by atoms with Crippen molar-refractivity contribution in [3.8, 4) is 0 Å². The minimum atomic E-state index is -0.407. The van der Waals surface area contributed by atoms with Crippen molar-refractivity contribution >= 4 is 17.4 Å². The van der Waals surface area contributed by atoms with Crippen molar-refractivity contribution in [2.24, 2.45) is 0 Å². The number of carbonyl (C=O) groups excluding carboxylic acids is 1. The van der Waals surface area contributed by atoms with Crippen molar-refractivity contribution in [1.29, 1.82) is 0 Å². The highest BCUT2D eigenvalue weighted by atomic mass is 16.3. The first-order chi connectivity index (χ1) is 8.15. The molecule has 1 aromatic carbocycles. The number of β-amino-alcohol motifs (C(OH)–C–C–N with tert-alkyl or cyclic N) is 1. The monoisotopic (exact) mass is 235 g/mol. The van der Waals surface area contributed by atoms with Gasteiger partial charge in [-0.25, -0.2) is 4.79 Å². The number of benzene rings is 1. The molecular formula is C12H17N3O2. The second-order valence-electron chi connectivity index (χ2n) is 4.30. The maximum Gasteiger partial charge on any atom is 0.321 e. The van der Waals surface area contributed by atoms with Crippen molar-refractivity contribution in [2.75, 3.05) is 24.1 Å². The van der Waals surface area contributed by atoms with Crippen LogP contribution in [0.1, 0.15) is 12.8 Å². The number of likely N-dealkylation sites (tertiary alicyclic amines) is 1. The normalized spacial score (nSPS) is 20.1. The van der Waals surface area contributed by atoms with Crippen LogP contribution in [0.5, 0.6) is 0 Å². The van der Waals surface area contributed by atoms with Crippen LogP contribution in [-0.2, 0) is 0 Å². The Kier molecular flexibility index (Phi) is 3.49. The van der Waals surface area contributed by atoms with Crippen molar-refractivity contribution in [2.45, 2.75) is 18.9 Å². The Labute approximate surface area is 100 Å². The van der Waals surface area contributed by atoms with Gasteiger partial charge in [0.15, 0.2) is 0 Å². The number of rotatable bonds is 1. The molecule has 1 saturated heterocycles. The molecule has 0 saturated carbocycles. The molecule has 0 spiro atoms. The van der Waals surface area contributed by atoms with E-state index < -0.39 is 6.10 Å². The van der Waals surface area contributed by atoms with Gasteiger partial charge in [-0.1, -0.05) is 6.07 Å². The zero-order valence-corrected chi connectivity index (χ0v) is 9.60.